The molecule has 1 aliphatic carbocycles. The lowest BCUT2D eigenvalue weighted by molar-refractivity contribution is 0.349. The maximum absolute atomic E-state index is 5.20. The standard InChI is InChI=1S/C9H15N3O/c1-10-6-8-11-9(13-12-8)7-4-2-3-5-7/h7,10H,2-6H2,1H3. The van der Waals surface area contributed by atoms with E-state index in [0.29, 0.717) is 12.5 Å². The van der Waals surface area contributed by atoms with E-state index in [9.17, 15) is 0 Å². The summed E-state index contributed by atoms with van der Waals surface area (Å²) in [7, 11) is 1.88. The second-order valence-electron chi connectivity index (χ2n) is 3.56. The molecule has 0 bridgehead atoms. The van der Waals surface area contributed by atoms with E-state index in [-0.39, 0.29) is 0 Å². The van der Waals surface area contributed by atoms with Crippen molar-refractivity contribution in [3.8, 4) is 0 Å². The van der Waals surface area contributed by atoms with E-state index >= 15 is 0 Å². The molecule has 13 heavy (non-hydrogen) atoms. The van der Waals surface area contributed by atoms with Crippen LogP contribution in [-0.4, -0.2) is 17.2 Å². The molecule has 72 valence electrons. The number of hydrogen-bond donors (Lipinski definition) is 1. The molecule has 0 aromatic carbocycles. The summed E-state index contributed by atoms with van der Waals surface area (Å²) in [6, 6.07) is 0. The molecule has 1 saturated carbocycles. The molecule has 1 aromatic heterocycles. The van der Waals surface area contributed by atoms with Gasteiger partial charge in [-0.05, 0) is 19.9 Å². The molecular weight excluding hydrogens is 166 g/mol. The van der Waals surface area contributed by atoms with Crippen molar-refractivity contribution in [1.29, 1.82) is 0 Å². The van der Waals surface area contributed by atoms with Crippen LogP contribution in [0.1, 0.15) is 43.3 Å². The van der Waals surface area contributed by atoms with Crippen LogP contribution in [0.25, 0.3) is 0 Å². The highest BCUT2D eigenvalue weighted by Gasteiger charge is 2.22. The molecule has 0 amide bonds. The van der Waals surface area contributed by atoms with Crippen LogP contribution in [0.15, 0.2) is 4.52 Å². The Kier molecular flexibility index (Phi) is 2.59. The molecule has 4 nitrogen and oxygen atoms in total. The first-order valence-electron chi connectivity index (χ1n) is 4.87. The normalized spacial score (nSPS) is 18.2. The molecule has 1 fully saturated rings. The quantitative estimate of drug-likeness (QED) is 0.766. The largest absolute Gasteiger partial charge is 0.339 e. The van der Waals surface area contributed by atoms with Crippen molar-refractivity contribution in [2.45, 2.75) is 38.1 Å². The number of nitrogens with zero attached hydrogens (tertiary/aromatic N) is 2. The molecule has 2 rings (SSSR count). The number of aromatic nitrogens is 2. The molecule has 0 radical (unpaired) electrons. The summed E-state index contributed by atoms with van der Waals surface area (Å²) in [6.07, 6.45) is 5.02. The lowest BCUT2D eigenvalue weighted by Crippen LogP contribution is -2.06. The molecule has 0 aliphatic heterocycles. The minimum atomic E-state index is 0.526. The highest BCUT2D eigenvalue weighted by molar-refractivity contribution is 4.96. The van der Waals surface area contributed by atoms with Crippen LogP contribution in [0.3, 0.4) is 0 Å². The van der Waals surface area contributed by atoms with E-state index in [2.05, 4.69) is 15.5 Å². The van der Waals surface area contributed by atoms with Gasteiger partial charge >= 0.3 is 0 Å². The first-order valence-corrected chi connectivity index (χ1v) is 4.87. The van der Waals surface area contributed by atoms with Gasteiger partial charge in [-0.15, -0.1) is 0 Å². The van der Waals surface area contributed by atoms with Crippen molar-refractivity contribution in [3.63, 3.8) is 0 Å². The second kappa shape index (κ2) is 3.87. The Bertz CT molecular complexity index is 266. The van der Waals surface area contributed by atoms with Gasteiger partial charge in [0.2, 0.25) is 5.89 Å². The average Bonchev–Trinajstić information content (AvgIpc) is 2.70. The Morgan fingerprint density at radius 1 is 1.46 bits per heavy atom. The van der Waals surface area contributed by atoms with Crippen LogP contribution in [0, 0.1) is 0 Å². The predicted octanol–water partition coefficient (Wildman–Crippen LogP) is 1.45. The monoisotopic (exact) mass is 181 g/mol. The molecule has 1 aliphatic rings. The molecule has 1 N–H and O–H groups in total. The number of rotatable bonds is 3. The smallest absolute Gasteiger partial charge is 0.229 e. The van der Waals surface area contributed by atoms with Gasteiger partial charge in [0.05, 0.1) is 6.54 Å². The fourth-order valence-corrected chi connectivity index (χ4v) is 1.84. The van der Waals surface area contributed by atoms with E-state index in [1.807, 2.05) is 7.05 Å². The van der Waals surface area contributed by atoms with Crippen molar-refractivity contribution in [2.75, 3.05) is 7.05 Å². The predicted molar refractivity (Wildman–Crippen MR) is 48.3 cm³/mol. The molecule has 0 saturated heterocycles. The van der Waals surface area contributed by atoms with E-state index in [1.165, 1.54) is 25.7 Å². The Hall–Kier alpha value is -0.900. The molecule has 0 atom stereocenters. The third-order valence-corrected chi connectivity index (χ3v) is 2.52. The van der Waals surface area contributed by atoms with Crippen LogP contribution in [0.4, 0.5) is 0 Å². The van der Waals surface area contributed by atoms with E-state index in [4.69, 9.17) is 4.52 Å². The average molecular weight is 181 g/mol. The van der Waals surface area contributed by atoms with Crippen LogP contribution in [-0.2, 0) is 6.54 Å². The highest BCUT2D eigenvalue weighted by Crippen LogP contribution is 2.32. The van der Waals surface area contributed by atoms with Gasteiger partial charge in [-0.2, -0.15) is 4.98 Å². The van der Waals surface area contributed by atoms with Crippen LogP contribution in [0.2, 0.25) is 0 Å². The summed E-state index contributed by atoms with van der Waals surface area (Å²) in [6.45, 7) is 0.691. The minimum absolute atomic E-state index is 0.526. The van der Waals surface area contributed by atoms with Crippen LogP contribution in [0.5, 0.6) is 0 Å². The third-order valence-electron chi connectivity index (χ3n) is 2.52. The van der Waals surface area contributed by atoms with Gasteiger partial charge in [0, 0.05) is 5.92 Å². The van der Waals surface area contributed by atoms with Crippen molar-refractivity contribution in [3.05, 3.63) is 11.7 Å². The van der Waals surface area contributed by atoms with Gasteiger partial charge in [0.25, 0.3) is 0 Å². The molecule has 0 unspecified atom stereocenters. The molecule has 0 spiro atoms. The minimum Gasteiger partial charge on any atom is -0.339 e. The van der Waals surface area contributed by atoms with Gasteiger partial charge in [-0.3, -0.25) is 0 Å². The summed E-state index contributed by atoms with van der Waals surface area (Å²) < 4.78 is 5.20. The van der Waals surface area contributed by atoms with Crippen molar-refractivity contribution >= 4 is 0 Å². The Morgan fingerprint density at radius 3 is 2.92 bits per heavy atom. The van der Waals surface area contributed by atoms with Gasteiger partial charge in [0.15, 0.2) is 5.82 Å². The zero-order chi connectivity index (χ0) is 9.10. The Morgan fingerprint density at radius 2 is 2.23 bits per heavy atom. The summed E-state index contributed by atoms with van der Waals surface area (Å²) in [5.74, 6) is 2.13. The summed E-state index contributed by atoms with van der Waals surface area (Å²) in [5.41, 5.74) is 0. The Balaban J connectivity index is 2.03. The maximum atomic E-state index is 5.20. The molecule has 1 aromatic rings. The second-order valence-corrected chi connectivity index (χ2v) is 3.56. The van der Waals surface area contributed by atoms with Gasteiger partial charge in [0.1, 0.15) is 0 Å². The van der Waals surface area contributed by atoms with Crippen LogP contribution < -0.4 is 5.32 Å². The summed E-state index contributed by atoms with van der Waals surface area (Å²) in [4.78, 5) is 4.34. The van der Waals surface area contributed by atoms with Gasteiger partial charge in [-0.1, -0.05) is 18.0 Å². The first kappa shape index (κ1) is 8.69. The zero-order valence-corrected chi connectivity index (χ0v) is 7.92. The highest BCUT2D eigenvalue weighted by atomic mass is 16.5. The fraction of sp³-hybridized carbons (Fsp3) is 0.778. The van der Waals surface area contributed by atoms with Crippen molar-refractivity contribution in [2.24, 2.45) is 0 Å². The van der Waals surface area contributed by atoms with Gasteiger partial charge in [-0.25, -0.2) is 0 Å². The lowest BCUT2D eigenvalue weighted by Gasteiger charge is -1.99. The van der Waals surface area contributed by atoms with E-state index in [1.54, 1.807) is 0 Å². The molecule has 1 heterocycles. The van der Waals surface area contributed by atoms with E-state index < -0.39 is 0 Å². The first-order chi connectivity index (χ1) is 6.40. The topological polar surface area (TPSA) is 51.0 Å². The number of nitrogens with one attached hydrogen (secondary N) is 1. The van der Waals surface area contributed by atoms with Gasteiger partial charge < -0.3 is 9.84 Å². The van der Waals surface area contributed by atoms with Crippen molar-refractivity contribution < 1.29 is 4.52 Å². The Labute approximate surface area is 77.7 Å². The third kappa shape index (κ3) is 1.88. The SMILES string of the molecule is CNCc1noc(C2CCCC2)n1. The molecular formula is C9H15N3O. The number of hydrogen-bond acceptors (Lipinski definition) is 4. The van der Waals surface area contributed by atoms with Crippen LogP contribution >= 0.6 is 0 Å². The lowest BCUT2D eigenvalue weighted by atomic mass is 10.1. The molecule has 4 heteroatoms. The zero-order valence-electron chi connectivity index (χ0n) is 7.92. The maximum Gasteiger partial charge on any atom is 0.229 e. The van der Waals surface area contributed by atoms with E-state index in [0.717, 1.165) is 11.7 Å². The van der Waals surface area contributed by atoms with Crippen molar-refractivity contribution in [1.82, 2.24) is 15.5 Å². The summed E-state index contributed by atoms with van der Waals surface area (Å²) in [5, 5.41) is 6.90. The summed E-state index contributed by atoms with van der Waals surface area (Å²) >= 11 is 0. The fourth-order valence-electron chi connectivity index (χ4n) is 1.84.